The van der Waals surface area contributed by atoms with E-state index in [9.17, 15) is 9.90 Å². The van der Waals surface area contributed by atoms with Gasteiger partial charge in [0.2, 0.25) is 0 Å². The number of carboxylic acid groups (broad SMARTS) is 1. The van der Waals surface area contributed by atoms with Crippen LogP contribution in [0.2, 0.25) is 5.02 Å². The highest BCUT2D eigenvalue weighted by Crippen LogP contribution is 2.37. The molecule has 0 spiro atoms. The Labute approximate surface area is 245 Å². The zero-order valence-electron chi connectivity index (χ0n) is 23.6. The van der Waals surface area contributed by atoms with Crippen LogP contribution in [0.4, 0.5) is 0 Å². The number of nitrogens with zero attached hydrogens (tertiary/aromatic N) is 1. The molecule has 3 aromatic carbocycles. The number of carboxylic acids is 1. The molecule has 0 saturated carbocycles. The smallest absolute Gasteiger partial charge is 0.336 e. The number of ether oxygens (including phenoxy) is 4. The lowest BCUT2D eigenvalue weighted by molar-refractivity contribution is -0.246. The molecule has 0 fully saturated rings. The van der Waals surface area contributed by atoms with Crippen molar-refractivity contribution >= 4 is 40.6 Å². The number of halogens is 1. The van der Waals surface area contributed by atoms with Gasteiger partial charge < -0.3 is 24.1 Å². The van der Waals surface area contributed by atoms with E-state index in [0.717, 1.165) is 27.7 Å². The van der Waals surface area contributed by atoms with Gasteiger partial charge in [0, 0.05) is 35.6 Å². The average Bonchev–Trinajstić information content (AvgIpc) is 2.98. The first kappa shape index (κ1) is 30.1. The Hall–Kier alpha value is -3.91. The van der Waals surface area contributed by atoms with Crippen LogP contribution in [0.25, 0.3) is 23.1 Å². The van der Waals surface area contributed by atoms with E-state index in [1.807, 2.05) is 80.6 Å². The number of pyridine rings is 1. The summed E-state index contributed by atoms with van der Waals surface area (Å²) in [5.41, 5.74) is 4.15. The van der Waals surface area contributed by atoms with Gasteiger partial charge in [0.1, 0.15) is 0 Å². The molecule has 1 heterocycles. The van der Waals surface area contributed by atoms with Gasteiger partial charge in [0.25, 0.3) is 0 Å². The Morgan fingerprint density at radius 3 is 2.32 bits per heavy atom. The van der Waals surface area contributed by atoms with Crippen LogP contribution in [0, 0.1) is 0 Å². The second-order valence-electron chi connectivity index (χ2n) is 9.32. The monoisotopic (exact) mass is 575 g/mol. The van der Waals surface area contributed by atoms with Crippen molar-refractivity contribution in [2.24, 2.45) is 0 Å². The zero-order chi connectivity index (χ0) is 29.4. The molecule has 214 valence electrons. The van der Waals surface area contributed by atoms with E-state index in [-0.39, 0.29) is 5.56 Å². The van der Waals surface area contributed by atoms with Crippen molar-refractivity contribution in [3.05, 3.63) is 99.7 Å². The summed E-state index contributed by atoms with van der Waals surface area (Å²) in [6.07, 6.45) is 4.68. The van der Waals surface area contributed by atoms with Gasteiger partial charge >= 0.3 is 5.97 Å². The minimum absolute atomic E-state index is 0.144. The molecule has 0 saturated heterocycles. The molecule has 4 rings (SSSR count). The maximum Gasteiger partial charge on any atom is 0.336 e. The molecule has 41 heavy (non-hydrogen) atoms. The van der Waals surface area contributed by atoms with Crippen LogP contribution in [0.5, 0.6) is 11.5 Å². The fourth-order valence-electron chi connectivity index (χ4n) is 4.85. The number of fused-ring (bicyclic) bond motifs is 1. The molecule has 0 aliphatic carbocycles. The molecule has 0 amide bonds. The van der Waals surface area contributed by atoms with Gasteiger partial charge in [-0.1, -0.05) is 48.0 Å². The molecule has 0 aliphatic rings. The third-order valence-electron chi connectivity index (χ3n) is 6.77. The van der Waals surface area contributed by atoms with Gasteiger partial charge in [-0.2, -0.15) is 0 Å². The van der Waals surface area contributed by atoms with Gasteiger partial charge in [0.15, 0.2) is 17.3 Å². The normalized spacial score (nSPS) is 11.7. The lowest BCUT2D eigenvalue weighted by Crippen LogP contribution is -2.34. The molecular formula is C33H34ClNO6. The van der Waals surface area contributed by atoms with Crippen LogP contribution >= 0.6 is 11.6 Å². The number of methoxy groups -OCH3 is 2. The van der Waals surface area contributed by atoms with Crippen molar-refractivity contribution in [2.45, 2.75) is 32.5 Å². The van der Waals surface area contributed by atoms with Gasteiger partial charge in [-0.3, -0.25) is 0 Å². The summed E-state index contributed by atoms with van der Waals surface area (Å²) in [5.74, 6) is -1.31. The third-order valence-corrected chi connectivity index (χ3v) is 7.00. The first-order valence-electron chi connectivity index (χ1n) is 13.4. The van der Waals surface area contributed by atoms with E-state index in [0.29, 0.717) is 48.1 Å². The Morgan fingerprint density at radius 2 is 1.63 bits per heavy atom. The Balaban J connectivity index is 1.66. The lowest BCUT2D eigenvalue weighted by atomic mass is 9.93. The van der Waals surface area contributed by atoms with Gasteiger partial charge in [-0.05, 0) is 73.9 Å². The summed E-state index contributed by atoms with van der Waals surface area (Å²) in [6.45, 7) is 4.63. The molecule has 0 radical (unpaired) electrons. The second kappa shape index (κ2) is 13.6. The van der Waals surface area contributed by atoms with Crippen molar-refractivity contribution in [1.82, 2.24) is 4.98 Å². The van der Waals surface area contributed by atoms with Crippen molar-refractivity contribution in [3.8, 4) is 11.5 Å². The van der Waals surface area contributed by atoms with Crippen molar-refractivity contribution in [1.29, 1.82) is 0 Å². The summed E-state index contributed by atoms with van der Waals surface area (Å²) in [6, 6.07) is 20.8. The Morgan fingerprint density at radius 1 is 0.927 bits per heavy atom. The topological polar surface area (TPSA) is 87.1 Å². The maximum absolute atomic E-state index is 12.1. The van der Waals surface area contributed by atoms with E-state index in [4.69, 9.17) is 35.5 Å². The molecule has 7 nitrogen and oxygen atoms in total. The molecule has 1 N–H and O–H groups in total. The number of aromatic nitrogens is 1. The summed E-state index contributed by atoms with van der Waals surface area (Å²) < 4.78 is 23.3. The van der Waals surface area contributed by atoms with Crippen LogP contribution in [0.3, 0.4) is 0 Å². The first-order chi connectivity index (χ1) is 19.8. The number of aryl methyl sites for hydroxylation is 1. The molecule has 0 bridgehead atoms. The van der Waals surface area contributed by atoms with Crippen molar-refractivity contribution < 1.29 is 28.8 Å². The second-order valence-corrected chi connectivity index (χ2v) is 9.76. The van der Waals surface area contributed by atoms with E-state index in [1.165, 1.54) is 20.3 Å². The third kappa shape index (κ3) is 7.06. The van der Waals surface area contributed by atoms with Crippen LogP contribution < -0.4 is 9.47 Å². The van der Waals surface area contributed by atoms with Crippen molar-refractivity contribution in [3.63, 3.8) is 0 Å². The quantitative estimate of drug-likeness (QED) is 0.164. The van der Waals surface area contributed by atoms with Crippen LogP contribution in [0.15, 0.2) is 66.7 Å². The van der Waals surface area contributed by atoms with Crippen molar-refractivity contribution in [2.75, 3.05) is 27.4 Å². The maximum atomic E-state index is 12.1. The molecule has 1 aromatic heterocycles. The fraction of sp³-hybridized carbons (Fsp3) is 0.273. The van der Waals surface area contributed by atoms with Crippen LogP contribution in [-0.2, 0) is 21.7 Å². The molecule has 8 heteroatoms. The predicted octanol–water partition coefficient (Wildman–Crippen LogP) is 7.63. The average molecular weight is 576 g/mol. The van der Waals surface area contributed by atoms with Crippen LogP contribution in [0.1, 0.15) is 53.0 Å². The van der Waals surface area contributed by atoms with Gasteiger partial charge in [-0.25, -0.2) is 9.78 Å². The highest BCUT2D eigenvalue weighted by atomic mass is 35.5. The number of hydrogen-bond acceptors (Lipinski definition) is 6. The summed E-state index contributed by atoms with van der Waals surface area (Å²) in [4.78, 5) is 16.8. The predicted molar refractivity (Wildman–Crippen MR) is 162 cm³/mol. The van der Waals surface area contributed by atoms with Gasteiger partial charge in [0.05, 0.1) is 31.0 Å². The molecule has 0 atom stereocenters. The largest absolute Gasteiger partial charge is 0.493 e. The Bertz CT molecular complexity index is 1540. The summed E-state index contributed by atoms with van der Waals surface area (Å²) >= 11 is 6.15. The fourth-order valence-corrected chi connectivity index (χ4v) is 5.02. The van der Waals surface area contributed by atoms with E-state index < -0.39 is 11.8 Å². The lowest BCUT2D eigenvalue weighted by Gasteiger charge is -2.34. The van der Waals surface area contributed by atoms with Gasteiger partial charge in [-0.15, -0.1) is 0 Å². The summed E-state index contributed by atoms with van der Waals surface area (Å²) in [5, 5.41) is 11.6. The number of hydrogen-bond donors (Lipinski definition) is 1. The van der Waals surface area contributed by atoms with E-state index >= 15 is 0 Å². The number of benzene rings is 3. The van der Waals surface area contributed by atoms with E-state index in [2.05, 4.69) is 0 Å². The minimum atomic E-state index is -1.09. The standard InChI is InChI=1S/C33H34ClNO6/c1-5-40-33(41-6-2,17-16-24-19-30(38-3)31(39-4)21-28(24)32(36)37)25-9-7-8-22(18-25)10-14-27-15-12-23-11-13-26(34)20-29(23)35-27/h7-15,18-21H,5-6,16-17H2,1-4H3,(H,36,37)/b14-10+. The van der Waals surface area contributed by atoms with Crippen LogP contribution in [-0.4, -0.2) is 43.5 Å². The molecule has 4 aromatic rings. The number of aromatic carboxylic acids is 1. The number of rotatable bonds is 13. The molecule has 0 unspecified atom stereocenters. The molecule has 0 aliphatic heterocycles. The SMILES string of the molecule is CCOC(CCc1cc(OC)c(OC)cc1C(=O)O)(OCC)c1cccc(/C=C/c2ccc3ccc(Cl)cc3n2)c1. The first-order valence-corrected chi connectivity index (χ1v) is 13.8. The molecular weight excluding hydrogens is 542 g/mol. The van der Waals surface area contributed by atoms with E-state index in [1.54, 1.807) is 6.07 Å². The highest BCUT2D eigenvalue weighted by Gasteiger charge is 2.34. The number of carbonyl (C=O) groups is 1. The highest BCUT2D eigenvalue weighted by molar-refractivity contribution is 6.31. The zero-order valence-corrected chi connectivity index (χ0v) is 24.4. The Kier molecular flexibility index (Phi) is 10.00. The summed E-state index contributed by atoms with van der Waals surface area (Å²) in [7, 11) is 3.00. The minimum Gasteiger partial charge on any atom is -0.493 e.